The molecule has 0 aromatic rings. The number of aliphatic carboxylic acids is 1. The van der Waals surface area contributed by atoms with Crippen LogP contribution in [0.1, 0.15) is 46.5 Å². The number of carboxylic acid groups (broad SMARTS) is 1. The first-order valence-corrected chi connectivity index (χ1v) is 8.39. The van der Waals surface area contributed by atoms with E-state index >= 15 is 0 Å². The third kappa shape index (κ3) is 8.11. The maximum Gasteiger partial charge on any atom is 0.305 e. The summed E-state index contributed by atoms with van der Waals surface area (Å²) in [5.74, 6) is -1.55. The smallest absolute Gasteiger partial charge is 0.305 e. The molecule has 0 spiro atoms. The van der Waals surface area contributed by atoms with Crippen molar-refractivity contribution in [3.8, 4) is 0 Å². The van der Waals surface area contributed by atoms with Crippen LogP contribution in [0.5, 0.6) is 0 Å². The number of hydrogen-bond acceptors (Lipinski definition) is 4. The molecule has 0 aliphatic heterocycles. The summed E-state index contributed by atoms with van der Waals surface area (Å²) >= 11 is 0. The van der Waals surface area contributed by atoms with Crippen LogP contribution in [0.4, 0.5) is 0 Å². The largest absolute Gasteiger partial charge is 0.481 e. The lowest BCUT2D eigenvalue weighted by molar-refractivity contribution is -0.137. The van der Waals surface area contributed by atoms with E-state index in [1.165, 1.54) is 6.92 Å². The summed E-state index contributed by atoms with van der Waals surface area (Å²) < 4.78 is 25.4. The van der Waals surface area contributed by atoms with Gasteiger partial charge in [0.15, 0.2) is 0 Å². The van der Waals surface area contributed by atoms with Gasteiger partial charge in [0.2, 0.25) is 15.9 Å². The van der Waals surface area contributed by atoms with Crippen molar-refractivity contribution in [1.29, 1.82) is 0 Å². The van der Waals surface area contributed by atoms with Crippen molar-refractivity contribution in [3.05, 3.63) is 0 Å². The first-order chi connectivity index (χ1) is 9.21. The lowest BCUT2D eigenvalue weighted by Gasteiger charge is -2.20. The Labute approximate surface area is 120 Å². The topological polar surface area (TPSA) is 113 Å². The number of carboxylic acids is 1. The zero-order valence-electron chi connectivity index (χ0n) is 12.2. The molecule has 20 heavy (non-hydrogen) atoms. The zero-order chi connectivity index (χ0) is 15.8. The molecule has 8 heteroatoms. The van der Waals surface area contributed by atoms with E-state index in [0.717, 1.165) is 6.42 Å². The van der Waals surface area contributed by atoms with Crippen molar-refractivity contribution >= 4 is 21.9 Å². The fraction of sp³-hybridized carbons (Fsp3) is 0.833. The molecule has 1 amide bonds. The standard InChI is InChI=1S/C12H24N2O5S/c1-4-6-10(8-11(15)16)13-12(17)9(3)14-20(18,19)7-5-2/h9-10,14H,4-8H2,1-3H3,(H,13,17)(H,15,16). The van der Waals surface area contributed by atoms with Gasteiger partial charge in [0.05, 0.1) is 18.2 Å². The number of carbonyl (C=O) groups is 2. The van der Waals surface area contributed by atoms with Gasteiger partial charge in [0.25, 0.3) is 0 Å². The molecule has 0 aromatic carbocycles. The Morgan fingerprint density at radius 2 is 1.80 bits per heavy atom. The highest BCUT2D eigenvalue weighted by Gasteiger charge is 2.22. The first-order valence-electron chi connectivity index (χ1n) is 6.74. The Morgan fingerprint density at radius 1 is 1.20 bits per heavy atom. The van der Waals surface area contributed by atoms with Crippen LogP contribution in [-0.4, -0.2) is 43.2 Å². The Bertz CT molecular complexity index is 422. The second-order valence-electron chi connectivity index (χ2n) is 4.75. The molecule has 0 fully saturated rings. The lowest BCUT2D eigenvalue weighted by atomic mass is 10.1. The Hall–Kier alpha value is -1.15. The number of hydrogen-bond donors (Lipinski definition) is 3. The van der Waals surface area contributed by atoms with Gasteiger partial charge >= 0.3 is 5.97 Å². The van der Waals surface area contributed by atoms with E-state index in [2.05, 4.69) is 10.0 Å². The van der Waals surface area contributed by atoms with Crippen LogP contribution in [0, 0.1) is 0 Å². The minimum Gasteiger partial charge on any atom is -0.481 e. The molecule has 2 atom stereocenters. The van der Waals surface area contributed by atoms with Gasteiger partial charge in [-0.25, -0.2) is 13.1 Å². The summed E-state index contributed by atoms with van der Waals surface area (Å²) in [7, 11) is -3.47. The fourth-order valence-electron chi connectivity index (χ4n) is 1.76. The molecule has 0 radical (unpaired) electrons. The highest BCUT2D eigenvalue weighted by Crippen LogP contribution is 2.03. The van der Waals surface area contributed by atoms with E-state index in [-0.39, 0.29) is 12.2 Å². The predicted molar refractivity (Wildman–Crippen MR) is 75.8 cm³/mol. The predicted octanol–water partition coefficient (Wildman–Crippen LogP) is 0.464. The molecule has 118 valence electrons. The third-order valence-corrected chi connectivity index (χ3v) is 4.29. The second-order valence-corrected chi connectivity index (χ2v) is 6.62. The van der Waals surface area contributed by atoms with Crippen LogP contribution in [0.3, 0.4) is 0 Å². The van der Waals surface area contributed by atoms with Crippen LogP contribution in [0.25, 0.3) is 0 Å². The van der Waals surface area contributed by atoms with E-state index in [1.54, 1.807) is 6.92 Å². The SMILES string of the molecule is CCCC(CC(=O)O)NC(=O)C(C)NS(=O)(=O)CCC. The van der Waals surface area contributed by atoms with Gasteiger partial charge in [-0.3, -0.25) is 9.59 Å². The first kappa shape index (κ1) is 18.9. The number of rotatable bonds is 10. The van der Waals surface area contributed by atoms with Gasteiger partial charge in [-0.05, 0) is 19.8 Å². The maximum absolute atomic E-state index is 11.9. The lowest BCUT2D eigenvalue weighted by Crippen LogP contribution is -2.48. The number of nitrogens with one attached hydrogen (secondary N) is 2. The van der Waals surface area contributed by atoms with Crippen molar-refractivity contribution < 1.29 is 23.1 Å². The van der Waals surface area contributed by atoms with Gasteiger partial charge in [-0.2, -0.15) is 0 Å². The monoisotopic (exact) mass is 308 g/mol. The Kier molecular flexibility index (Phi) is 8.40. The highest BCUT2D eigenvalue weighted by atomic mass is 32.2. The van der Waals surface area contributed by atoms with Crippen LogP contribution in [0.15, 0.2) is 0 Å². The molecule has 0 aliphatic rings. The number of carbonyl (C=O) groups excluding carboxylic acids is 1. The molecule has 2 unspecified atom stereocenters. The fourth-order valence-corrected chi connectivity index (χ4v) is 3.06. The van der Waals surface area contributed by atoms with E-state index in [9.17, 15) is 18.0 Å². The number of sulfonamides is 1. The molecule has 7 nitrogen and oxygen atoms in total. The summed E-state index contributed by atoms with van der Waals surface area (Å²) in [6.07, 6.45) is 1.55. The van der Waals surface area contributed by atoms with Crippen LogP contribution < -0.4 is 10.0 Å². The maximum atomic E-state index is 11.9. The average Bonchev–Trinajstić information content (AvgIpc) is 2.27. The second kappa shape index (κ2) is 8.91. The van der Waals surface area contributed by atoms with Crippen LogP contribution in [0.2, 0.25) is 0 Å². The van der Waals surface area contributed by atoms with E-state index < -0.39 is 34.0 Å². The Balaban J connectivity index is 4.52. The minimum atomic E-state index is -3.47. The Morgan fingerprint density at radius 3 is 2.25 bits per heavy atom. The van der Waals surface area contributed by atoms with Crippen molar-refractivity contribution in [2.45, 2.75) is 58.5 Å². The summed E-state index contributed by atoms with van der Waals surface area (Å²) in [6.45, 7) is 5.05. The summed E-state index contributed by atoms with van der Waals surface area (Å²) in [4.78, 5) is 22.5. The van der Waals surface area contributed by atoms with Gasteiger partial charge in [0, 0.05) is 6.04 Å². The molecular formula is C12H24N2O5S. The molecule has 3 N–H and O–H groups in total. The summed E-state index contributed by atoms with van der Waals surface area (Å²) in [6, 6.07) is -1.40. The van der Waals surface area contributed by atoms with Crippen molar-refractivity contribution in [3.63, 3.8) is 0 Å². The molecule has 0 saturated carbocycles. The van der Waals surface area contributed by atoms with Crippen molar-refractivity contribution in [2.24, 2.45) is 0 Å². The zero-order valence-corrected chi connectivity index (χ0v) is 13.0. The van der Waals surface area contributed by atoms with E-state index in [0.29, 0.717) is 12.8 Å². The van der Waals surface area contributed by atoms with E-state index in [1.807, 2.05) is 6.92 Å². The molecule has 0 aliphatic carbocycles. The number of amides is 1. The van der Waals surface area contributed by atoms with Gasteiger partial charge in [-0.15, -0.1) is 0 Å². The quantitative estimate of drug-likeness (QED) is 0.543. The average molecular weight is 308 g/mol. The van der Waals surface area contributed by atoms with Crippen LogP contribution in [-0.2, 0) is 19.6 Å². The highest BCUT2D eigenvalue weighted by molar-refractivity contribution is 7.89. The van der Waals surface area contributed by atoms with E-state index in [4.69, 9.17) is 5.11 Å². The van der Waals surface area contributed by atoms with Crippen LogP contribution >= 0.6 is 0 Å². The molecule has 0 rings (SSSR count). The molecule has 0 saturated heterocycles. The van der Waals surface area contributed by atoms with Gasteiger partial charge in [-0.1, -0.05) is 20.3 Å². The van der Waals surface area contributed by atoms with Gasteiger partial charge in [0.1, 0.15) is 0 Å². The normalized spacial score (nSPS) is 14.6. The van der Waals surface area contributed by atoms with Gasteiger partial charge < -0.3 is 10.4 Å². The van der Waals surface area contributed by atoms with Crippen molar-refractivity contribution in [1.82, 2.24) is 10.0 Å². The minimum absolute atomic E-state index is 0.0435. The summed E-state index contributed by atoms with van der Waals surface area (Å²) in [5, 5.41) is 11.3. The molecule has 0 heterocycles. The molecule has 0 aromatic heterocycles. The third-order valence-electron chi connectivity index (χ3n) is 2.63. The molecule has 0 bridgehead atoms. The summed E-state index contributed by atoms with van der Waals surface area (Å²) in [5.41, 5.74) is 0. The van der Waals surface area contributed by atoms with Crippen molar-refractivity contribution in [2.75, 3.05) is 5.75 Å². The molecular weight excluding hydrogens is 284 g/mol.